The van der Waals surface area contributed by atoms with E-state index in [1.54, 1.807) is 6.07 Å². The molecule has 1 aliphatic rings. The van der Waals surface area contributed by atoms with E-state index < -0.39 is 29.8 Å². The average molecular weight is 296 g/mol. The van der Waals surface area contributed by atoms with E-state index in [0.717, 1.165) is 6.42 Å². The third kappa shape index (κ3) is 4.16. The van der Waals surface area contributed by atoms with Gasteiger partial charge < -0.3 is 9.47 Å². The summed E-state index contributed by atoms with van der Waals surface area (Å²) >= 11 is 0. The number of nitrogens with one attached hydrogen (secondary N) is 2. The van der Waals surface area contributed by atoms with Gasteiger partial charge in [0.1, 0.15) is 6.10 Å². The molecule has 0 aromatic heterocycles. The molecule has 0 bridgehead atoms. The smallest absolute Gasteiger partial charge is 0.279 e. The highest BCUT2D eigenvalue weighted by molar-refractivity contribution is 5.86. The van der Waals surface area contributed by atoms with E-state index in [4.69, 9.17) is 9.47 Å². The summed E-state index contributed by atoms with van der Waals surface area (Å²) in [7, 11) is 0. The molecule has 6 nitrogen and oxygen atoms in total. The van der Waals surface area contributed by atoms with E-state index in [1.165, 1.54) is 25.1 Å². The van der Waals surface area contributed by atoms with Crippen molar-refractivity contribution in [3.05, 3.63) is 30.1 Å². The van der Waals surface area contributed by atoms with Crippen molar-refractivity contribution in [2.45, 2.75) is 32.0 Å². The van der Waals surface area contributed by atoms with Crippen LogP contribution >= 0.6 is 0 Å². The minimum Gasteiger partial charge on any atom is -0.478 e. The normalized spacial score (nSPS) is 18.9. The molecule has 1 aromatic rings. The van der Waals surface area contributed by atoms with Gasteiger partial charge in [0.2, 0.25) is 0 Å². The number of halogens is 1. The van der Waals surface area contributed by atoms with Crippen molar-refractivity contribution in [1.82, 2.24) is 10.9 Å². The third-order valence-corrected chi connectivity index (χ3v) is 3.04. The van der Waals surface area contributed by atoms with E-state index in [-0.39, 0.29) is 5.75 Å². The lowest BCUT2D eigenvalue weighted by molar-refractivity contribution is -0.137. The van der Waals surface area contributed by atoms with Gasteiger partial charge in [0.25, 0.3) is 11.8 Å². The third-order valence-electron chi connectivity index (χ3n) is 3.04. The Morgan fingerprint density at radius 2 is 2.14 bits per heavy atom. The lowest BCUT2D eigenvalue weighted by atomic mass is 10.2. The topological polar surface area (TPSA) is 76.7 Å². The van der Waals surface area contributed by atoms with Gasteiger partial charge in [-0.25, -0.2) is 4.39 Å². The maximum Gasteiger partial charge on any atom is 0.279 e. The number of benzene rings is 1. The molecule has 0 spiro atoms. The molecule has 114 valence electrons. The molecule has 0 saturated carbocycles. The Bertz CT molecular complexity index is 517. The fourth-order valence-corrected chi connectivity index (χ4v) is 1.87. The molecule has 1 fully saturated rings. The Hall–Kier alpha value is -2.15. The molecule has 0 aliphatic carbocycles. The predicted octanol–water partition coefficient (Wildman–Crippen LogP) is 0.919. The number of hydrazine groups is 1. The van der Waals surface area contributed by atoms with Gasteiger partial charge in [-0.05, 0) is 31.9 Å². The number of carbonyl (C=O) groups is 2. The summed E-state index contributed by atoms with van der Waals surface area (Å²) in [6.07, 6.45) is -0.0401. The summed E-state index contributed by atoms with van der Waals surface area (Å²) in [5.74, 6) is -1.56. The first-order valence-electron chi connectivity index (χ1n) is 6.70. The Balaban J connectivity index is 1.80. The molecule has 2 unspecified atom stereocenters. The number of amides is 2. The number of ether oxygens (including phenoxy) is 2. The molecule has 2 atom stereocenters. The van der Waals surface area contributed by atoms with Crippen LogP contribution in [0.3, 0.4) is 0 Å². The lowest BCUT2D eigenvalue weighted by Gasteiger charge is -2.16. The van der Waals surface area contributed by atoms with Crippen molar-refractivity contribution in [2.75, 3.05) is 6.61 Å². The maximum absolute atomic E-state index is 13.4. The molecule has 2 N–H and O–H groups in total. The summed E-state index contributed by atoms with van der Waals surface area (Å²) in [5.41, 5.74) is 4.50. The molecular weight excluding hydrogens is 279 g/mol. The van der Waals surface area contributed by atoms with Crippen LogP contribution in [0.2, 0.25) is 0 Å². The van der Waals surface area contributed by atoms with Crippen LogP contribution < -0.4 is 15.6 Å². The summed E-state index contributed by atoms with van der Waals surface area (Å²) in [5, 5.41) is 0. The van der Waals surface area contributed by atoms with E-state index >= 15 is 0 Å². The number of carbonyl (C=O) groups excluding carboxylic acids is 2. The van der Waals surface area contributed by atoms with Crippen LogP contribution in [0, 0.1) is 5.82 Å². The van der Waals surface area contributed by atoms with Gasteiger partial charge in [-0.3, -0.25) is 20.4 Å². The lowest BCUT2D eigenvalue weighted by Crippen LogP contribution is -2.50. The second-order valence-electron chi connectivity index (χ2n) is 4.67. The fraction of sp³-hybridized carbons (Fsp3) is 0.429. The number of para-hydroxylation sites is 1. The monoisotopic (exact) mass is 296 g/mol. The number of hydrogen-bond acceptors (Lipinski definition) is 4. The molecule has 21 heavy (non-hydrogen) atoms. The van der Waals surface area contributed by atoms with Crippen LogP contribution in [0.4, 0.5) is 4.39 Å². The first-order valence-corrected chi connectivity index (χ1v) is 6.70. The molecule has 1 aliphatic heterocycles. The summed E-state index contributed by atoms with van der Waals surface area (Å²) in [6.45, 7) is 2.00. The van der Waals surface area contributed by atoms with Gasteiger partial charge in [0.05, 0.1) is 0 Å². The number of rotatable bonds is 4. The zero-order chi connectivity index (χ0) is 15.2. The molecule has 1 aromatic carbocycles. The molecule has 1 saturated heterocycles. The number of hydrogen-bond donors (Lipinski definition) is 2. The Morgan fingerprint density at radius 3 is 2.81 bits per heavy atom. The molecular formula is C14H17FN2O4. The maximum atomic E-state index is 13.4. The van der Waals surface area contributed by atoms with Crippen LogP contribution in [0.1, 0.15) is 19.8 Å². The quantitative estimate of drug-likeness (QED) is 0.810. The van der Waals surface area contributed by atoms with E-state index in [2.05, 4.69) is 10.9 Å². The van der Waals surface area contributed by atoms with Gasteiger partial charge in [-0.2, -0.15) is 0 Å². The van der Waals surface area contributed by atoms with E-state index in [9.17, 15) is 14.0 Å². The average Bonchev–Trinajstić information content (AvgIpc) is 3.01. The predicted molar refractivity (Wildman–Crippen MR) is 71.7 cm³/mol. The van der Waals surface area contributed by atoms with Crippen molar-refractivity contribution in [3.63, 3.8) is 0 Å². The van der Waals surface area contributed by atoms with E-state index in [1.807, 2.05) is 0 Å². The zero-order valence-corrected chi connectivity index (χ0v) is 11.6. The highest BCUT2D eigenvalue weighted by atomic mass is 19.1. The van der Waals surface area contributed by atoms with Crippen LogP contribution in [-0.4, -0.2) is 30.6 Å². The molecule has 0 radical (unpaired) electrons. The van der Waals surface area contributed by atoms with Crippen molar-refractivity contribution in [1.29, 1.82) is 0 Å². The van der Waals surface area contributed by atoms with Gasteiger partial charge in [-0.15, -0.1) is 0 Å². The Labute approximate surface area is 121 Å². The first kappa shape index (κ1) is 15.2. The van der Waals surface area contributed by atoms with E-state index in [0.29, 0.717) is 13.0 Å². The zero-order valence-electron chi connectivity index (χ0n) is 11.6. The van der Waals surface area contributed by atoms with Crippen LogP contribution in [-0.2, 0) is 14.3 Å². The summed E-state index contributed by atoms with van der Waals surface area (Å²) in [4.78, 5) is 23.4. The standard InChI is InChI=1S/C14H17FN2O4/c1-9(21-11-6-3-2-5-10(11)15)13(18)16-17-14(19)12-7-4-8-20-12/h2-3,5-6,9,12H,4,7-8H2,1H3,(H,16,18)(H,17,19). The molecule has 2 amide bonds. The van der Waals surface area contributed by atoms with Crippen molar-refractivity contribution in [3.8, 4) is 5.75 Å². The highest BCUT2D eigenvalue weighted by Crippen LogP contribution is 2.17. The highest BCUT2D eigenvalue weighted by Gasteiger charge is 2.24. The minimum atomic E-state index is -0.952. The second-order valence-corrected chi connectivity index (χ2v) is 4.67. The first-order chi connectivity index (χ1) is 10.1. The van der Waals surface area contributed by atoms with Crippen LogP contribution in [0.25, 0.3) is 0 Å². The largest absolute Gasteiger partial charge is 0.478 e. The van der Waals surface area contributed by atoms with Gasteiger partial charge in [0.15, 0.2) is 17.7 Å². The second kappa shape index (κ2) is 7.03. The Morgan fingerprint density at radius 1 is 1.38 bits per heavy atom. The van der Waals surface area contributed by atoms with Crippen LogP contribution in [0.15, 0.2) is 24.3 Å². The van der Waals surface area contributed by atoms with Gasteiger partial charge in [-0.1, -0.05) is 12.1 Å². The molecule has 1 heterocycles. The summed E-state index contributed by atoms with van der Waals surface area (Å²) < 4.78 is 23.8. The molecule has 7 heteroatoms. The van der Waals surface area contributed by atoms with Crippen LogP contribution in [0.5, 0.6) is 5.75 Å². The summed E-state index contributed by atoms with van der Waals surface area (Å²) in [6, 6.07) is 5.78. The van der Waals surface area contributed by atoms with Crippen molar-refractivity contribution >= 4 is 11.8 Å². The van der Waals surface area contributed by atoms with Crippen molar-refractivity contribution in [2.24, 2.45) is 0 Å². The van der Waals surface area contributed by atoms with Gasteiger partial charge >= 0.3 is 0 Å². The SMILES string of the molecule is CC(Oc1ccccc1F)C(=O)NNC(=O)C1CCCO1. The van der Waals surface area contributed by atoms with Gasteiger partial charge in [0, 0.05) is 6.61 Å². The minimum absolute atomic E-state index is 0.0226. The van der Waals surface area contributed by atoms with Crippen molar-refractivity contribution < 1.29 is 23.5 Å². The molecule has 2 rings (SSSR count). The fourth-order valence-electron chi connectivity index (χ4n) is 1.87. The Kier molecular flexibility index (Phi) is 5.10.